The average molecular weight is 501 g/mol. The zero-order valence-electron chi connectivity index (χ0n) is 20.6. The van der Waals surface area contributed by atoms with Gasteiger partial charge in [-0.2, -0.15) is 9.78 Å². The molecule has 6 rings (SSSR count). The van der Waals surface area contributed by atoms with Gasteiger partial charge in [-0.15, -0.1) is 0 Å². The monoisotopic (exact) mass is 500 g/mol. The first-order valence-corrected chi connectivity index (χ1v) is 12.1. The summed E-state index contributed by atoms with van der Waals surface area (Å²) in [5.74, 6) is 1.08. The van der Waals surface area contributed by atoms with E-state index in [2.05, 4.69) is 15.3 Å². The van der Waals surface area contributed by atoms with Crippen LogP contribution in [0.5, 0.6) is 5.75 Å². The average Bonchev–Trinajstić information content (AvgIpc) is 3.35. The molecule has 0 saturated carbocycles. The number of ether oxygens (including phenoxy) is 1. The topological polar surface area (TPSA) is 108 Å². The Kier molecular flexibility index (Phi) is 5.89. The van der Waals surface area contributed by atoms with Gasteiger partial charge in [0.15, 0.2) is 11.6 Å². The maximum Gasteiger partial charge on any atom is 0.280 e. The van der Waals surface area contributed by atoms with Crippen LogP contribution in [0, 0.1) is 0 Å². The molecule has 3 N–H and O–H groups in total. The molecule has 38 heavy (non-hydrogen) atoms. The summed E-state index contributed by atoms with van der Waals surface area (Å²) < 4.78 is 6.85. The highest BCUT2D eigenvalue weighted by molar-refractivity contribution is 6.23. The highest BCUT2D eigenvalue weighted by Crippen LogP contribution is 2.40. The number of fused-ring (bicyclic) bond motifs is 1. The van der Waals surface area contributed by atoms with Crippen LogP contribution < -0.4 is 15.8 Å². The highest BCUT2D eigenvalue weighted by atomic mass is 16.5. The number of nitrogens with one attached hydrogen (secondary N) is 1. The van der Waals surface area contributed by atoms with Gasteiger partial charge in [0.2, 0.25) is 0 Å². The molecule has 5 aromatic rings. The molecule has 0 atom stereocenters. The molecule has 0 radical (unpaired) electrons. The summed E-state index contributed by atoms with van der Waals surface area (Å²) in [5, 5.41) is 8.19. The second-order valence-corrected chi connectivity index (χ2v) is 8.79. The quantitative estimate of drug-likeness (QED) is 0.325. The fourth-order valence-corrected chi connectivity index (χ4v) is 4.73. The second kappa shape index (κ2) is 9.67. The standard InChI is InChI=1S/C30H24N6O2/c1-38-22-14-12-20(13-15-22)25-23(34-29-28(31)32-16-17-33-29)18-24-26(19-8-4-2-5-9-19)27(35-36(24)30(25)37)21-10-6-3-7-11-21/h2-17H,18H2,1H3,(H2,31,32)(H,33,34). The van der Waals surface area contributed by atoms with E-state index in [1.54, 1.807) is 13.3 Å². The molecule has 0 amide bonds. The molecular weight excluding hydrogens is 476 g/mol. The number of carbonyl (C=O) groups is 1. The first kappa shape index (κ1) is 23.2. The lowest BCUT2D eigenvalue weighted by Crippen LogP contribution is -2.27. The number of benzene rings is 3. The summed E-state index contributed by atoms with van der Waals surface area (Å²) in [6.07, 6.45) is 3.48. The van der Waals surface area contributed by atoms with Crippen LogP contribution in [0.25, 0.3) is 28.0 Å². The van der Waals surface area contributed by atoms with E-state index in [1.165, 1.54) is 10.9 Å². The Morgan fingerprint density at radius 2 is 1.50 bits per heavy atom. The molecule has 8 heteroatoms. The van der Waals surface area contributed by atoms with Crippen molar-refractivity contribution < 1.29 is 9.53 Å². The van der Waals surface area contributed by atoms with E-state index in [-0.39, 0.29) is 11.7 Å². The lowest BCUT2D eigenvalue weighted by molar-refractivity contribution is 0.0958. The number of methoxy groups -OCH3 is 1. The molecule has 186 valence electrons. The molecule has 0 unspecified atom stereocenters. The van der Waals surface area contributed by atoms with Crippen molar-refractivity contribution >= 4 is 23.1 Å². The van der Waals surface area contributed by atoms with E-state index in [9.17, 15) is 4.79 Å². The minimum atomic E-state index is -0.249. The van der Waals surface area contributed by atoms with E-state index in [0.717, 1.165) is 33.6 Å². The molecule has 1 aliphatic heterocycles. The molecule has 2 aromatic heterocycles. The van der Waals surface area contributed by atoms with E-state index in [0.29, 0.717) is 29.3 Å². The SMILES string of the molecule is COc1ccc(C2=C(Nc3nccnc3N)Cc3c(-c4ccccc4)c(-c4ccccc4)nn3C2=O)cc1. The smallest absolute Gasteiger partial charge is 0.280 e. The van der Waals surface area contributed by atoms with Crippen LogP contribution in [0.3, 0.4) is 0 Å². The molecule has 0 aliphatic carbocycles. The number of aromatic nitrogens is 4. The zero-order valence-corrected chi connectivity index (χ0v) is 20.6. The third-order valence-electron chi connectivity index (χ3n) is 6.52. The van der Waals surface area contributed by atoms with Gasteiger partial charge in [0, 0.05) is 35.6 Å². The van der Waals surface area contributed by atoms with Crippen LogP contribution in [-0.4, -0.2) is 32.8 Å². The van der Waals surface area contributed by atoms with Gasteiger partial charge in [0.05, 0.1) is 18.4 Å². The van der Waals surface area contributed by atoms with Crippen molar-refractivity contribution in [2.24, 2.45) is 0 Å². The summed E-state index contributed by atoms with van der Waals surface area (Å²) in [6.45, 7) is 0. The summed E-state index contributed by atoms with van der Waals surface area (Å²) >= 11 is 0. The van der Waals surface area contributed by atoms with Gasteiger partial charge in [0.1, 0.15) is 11.4 Å². The molecular formula is C30H24N6O2. The zero-order chi connectivity index (χ0) is 26.1. The van der Waals surface area contributed by atoms with Crippen molar-refractivity contribution in [1.29, 1.82) is 0 Å². The van der Waals surface area contributed by atoms with Crippen molar-refractivity contribution in [3.8, 4) is 28.1 Å². The van der Waals surface area contributed by atoms with Gasteiger partial charge in [0.25, 0.3) is 5.91 Å². The van der Waals surface area contributed by atoms with Crippen molar-refractivity contribution in [2.75, 3.05) is 18.2 Å². The Hall–Kier alpha value is -5.24. The summed E-state index contributed by atoms with van der Waals surface area (Å²) in [5.41, 5.74) is 12.3. The minimum absolute atomic E-state index is 0.244. The van der Waals surface area contributed by atoms with Crippen molar-refractivity contribution in [3.63, 3.8) is 0 Å². The molecule has 0 saturated heterocycles. The van der Waals surface area contributed by atoms with Crippen molar-refractivity contribution in [1.82, 2.24) is 19.7 Å². The third kappa shape index (κ3) is 4.08. The maximum atomic E-state index is 14.2. The fourth-order valence-electron chi connectivity index (χ4n) is 4.73. The first-order valence-electron chi connectivity index (χ1n) is 12.1. The Morgan fingerprint density at radius 1 is 0.842 bits per heavy atom. The summed E-state index contributed by atoms with van der Waals surface area (Å²) in [4.78, 5) is 22.7. The van der Waals surface area contributed by atoms with Gasteiger partial charge in [-0.1, -0.05) is 72.8 Å². The highest BCUT2D eigenvalue weighted by Gasteiger charge is 2.33. The molecule has 0 fully saturated rings. The number of rotatable bonds is 6. The summed E-state index contributed by atoms with van der Waals surface area (Å²) in [6, 6.07) is 27.3. The van der Waals surface area contributed by atoms with Crippen LogP contribution in [0.1, 0.15) is 16.1 Å². The molecule has 3 heterocycles. The molecule has 3 aromatic carbocycles. The Balaban J connectivity index is 1.57. The largest absolute Gasteiger partial charge is 0.497 e. The third-order valence-corrected chi connectivity index (χ3v) is 6.52. The number of nitrogens with zero attached hydrogens (tertiary/aromatic N) is 4. The Morgan fingerprint density at radius 3 is 2.16 bits per heavy atom. The Labute approximate surface area is 219 Å². The predicted molar refractivity (Wildman–Crippen MR) is 147 cm³/mol. The predicted octanol–water partition coefficient (Wildman–Crippen LogP) is 5.32. The number of anilines is 2. The van der Waals surface area contributed by atoms with Gasteiger partial charge in [-0.05, 0) is 23.3 Å². The molecule has 0 bridgehead atoms. The van der Waals surface area contributed by atoms with Gasteiger partial charge in [-0.25, -0.2) is 9.97 Å². The van der Waals surface area contributed by atoms with Gasteiger partial charge in [-0.3, -0.25) is 4.79 Å². The number of nitrogens with two attached hydrogens (primary N) is 1. The molecule has 1 aliphatic rings. The fraction of sp³-hybridized carbons (Fsp3) is 0.0667. The molecule has 0 spiro atoms. The number of allylic oxidation sites excluding steroid dienone is 2. The van der Waals surface area contributed by atoms with Crippen LogP contribution in [0.4, 0.5) is 11.6 Å². The van der Waals surface area contributed by atoms with Gasteiger partial charge < -0.3 is 15.8 Å². The molecule has 8 nitrogen and oxygen atoms in total. The van der Waals surface area contributed by atoms with E-state index in [4.69, 9.17) is 15.6 Å². The number of nitrogen functional groups attached to an aromatic ring is 1. The lowest BCUT2D eigenvalue weighted by Gasteiger charge is -2.23. The lowest BCUT2D eigenvalue weighted by atomic mass is 9.92. The number of hydrogen-bond donors (Lipinski definition) is 2. The minimum Gasteiger partial charge on any atom is -0.497 e. The van der Waals surface area contributed by atoms with E-state index in [1.807, 2.05) is 84.9 Å². The number of hydrogen-bond acceptors (Lipinski definition) is 7. The van der Waals surface area contributed by atoms with Crippen molar-refractivity contribution in [3.05, 3.63) is 114 Å². The Bertz CT molecular complexity index is 1660. The second-order valence-electron chi connectivity index (χ2n) is 8.79. The van der Waals surface area contributed by atoms with Gasteiger partial charge >= 0.3 is 0 Å². The van der Waals surface area contributed by atoms with Crippen LogP contribution in [0.15, 0.2) is 103 Å². The van der Waals surface area contributed by atoms with E-state index >= 15 is 0 Å². The van der Waals surface area contributed by atoms with Crippen molar-refractivity contribution in [2.45, 2.75) is 6.42 Å². The normalized spacial score (nSPS) is 12.8. The first-order chi connectivity index (χ1) is 18.6. The number of carbonyl (C=O) groups excluding carboxylic acids is 1. The van der Waals surface area contributed by atoms with E-state index < -0.39 is 0 Å². The summed E-state index contributed by atoms with van der Waals surface area (Å²) in [7, 11) is 1.61. The maximum absolute atomic E-state index is 14.2. The van der Waals surface area contributed by atoms with Crippen LogP contribution in [0.2, 0.25) is 0 Å². The van der Waals surface area contributed by atoms with Crippen LogP contribution >= 0.6 is 0 Å². The van der Waals surface area contributed by atoms with Crippen LogP contribution in [-0.2, 0) is 6.42 Å².